The van der Waals surface area contributed by atoms with Gasteiger partial charge in [-0.3, -0.25) is 4.98 Å². The summed E-state index contributed by atoms with van der Waals surface area (Å²) < 4.78 is 53.3. The van der Waals surface area contributed by atoms with E-state index in [0.717, 1.165) is 12.5 Å². The van der Waals surface area contributed by atoms with E-state index >= 15 is 0 Å². The Morgan fingerprint density at radius 1 is 1.21 bits per heavy atom. The minimum atomic E-state index is -3.27. The van der Waals surface area contributed by atoms with Gasteiger partial charge in [-0.15, -0.1) is 0 Å². The number of halogens is 2. The second kappa shape index (κ2) is 7.02. The van der Waals surface area contributed by atoms with Crippen molar-refractivity contribution in [3.8, 4) is 11.3 Å². The molecule has 3 aromatic rings. The van der Waals surface area contributed by atoms with Gasteiger partial charge in [0.2, 0.25) is 16.0 Å². The van der Waals surface area contributed by atoms with E-state index in [0.29, 0.717) is 18.4 Å². The smallest absolute Gasteiger partial charge is 0.223 e. The molecule has 146 valence electrons. The second-order valence-corrected chi connectivity index (χ2v) is 8.66. The molecule has 1 aromatic carbocycles. The van der Waals surface area contributed by atoms with E-state index in [1.54, 1.807) is 18.2 Å². The Kier molecular flexibility index (Phi) is 4.68. The Bertz CT molecular complexity index is 1160. The highest BCUT2D eigenvalue weighted by Crippen LogP contribution is 2.27. The van der Waals surface area contributed by atoms with E-state index in [1.807, 2.05) is 0 Å². The summed E-state index contributed by atoms with van der Waals surface area (Å²) in [6.45, 7) is 0.679. The number of nitrogens with zero attached hydrogens (tertiary/aromatic N) is 4. The Morgan fingerprint density at radius 2 is 2.04 bits per heavy atom. The minimum Gasteiger partial charge on any atom is -0.350 e. The fourth-order valence-electron chi connectivity index (χ4n) is 3.25. The summed E-state index contributed by atoms with van der Waals surface area (Å²) in [6, 6.07) is 5.96. The lowest BCUT2D eigenvalue weighted by atomic mass is 10.1. The molecule has 0 spiro atoms. The van der Waals surface area contributed by atoms with Crippen molar-refractivity contribution in [2.75, 3.05) is 24.7 Å². The summed E-state index contributed by atoms with van der Waals surface area (Å²) in [5.74, 6) is -1.10. The van der Waals surface area contributed by atoms with Crippen molar-refractivity contribution in [2.24, 2.45) is 0 Å². The lowest BCUT2D eigenvalue weighted by molar-refractivity contribution is 0.480. The third kappa shape index (κ3) is 3.65. The van der Waals surface area contributed by atoms with Crippen molar-refractivity contribution in [1.82, 2.24) is 19.3 Å². The van der Waals surface area contributed by atoms with Crippen LogP contribution in [-0.2, 0) is 10.0 Å². The number of anilines is 1. The highest BCUT2D eigenvalue weighted by Gasteiger charge is 2.29. The highest BCUT2D eigenvalue weighted by molar-refractivity contribution is 7.88. The van der Waals surface area contributed by atoms with Gasteiger partial charge in [0.15, 0.2) is 5.82 Å². The van der Waals surface area contributed by atoms with Gasteiger partial charge in [0.1, 0.15) is 17.0 Å². The number of rotatable bonds is 4. The molecule has 1 atom stereocenters. The van der Waals surface area contributed by atoms with Crippen LogP contribution in [0.25, 0.3) is 22.2 Å². The third-order valence-electron chi connectivity index (χ3n) is 4.63. The van der Waals surface area contributed by atoms with Gasteiger partial charge in [-0.2, -0.15) is 0 Å². The first-order chi connectivity index (χ1) is 13.3. The van der Waals surface area contributed by atoms with Crippen LogP contribution in [0.1, 0.15) is 6.42 Å². The van der Waals surface area contributed by atoms with E-state index < -0.39 is 21.7 Å². The third-order valence-corrected chi connectivity index (χ3v) is 5.90. The number of sulfonamides is 1. The maximum Gasteiger partial charge on any atom is 0.223 e. The molecule has 2 aromatic heterocycles. The molecule has 1 aliphatic rings. The lowest BCUT2D eigenvalue weighted by Crippen LogP contribution is -2.31. The van der Waals surface area contributed by atoms with Crippen LogP contribution < -0.4 is 5.32 Å². The van der Waals surface area contributed by atoms with Crippen LogP contribution in [-0.4, -0.2) is 53.1 Å². The number of pyridine rings is 1. The molecular weight excluding hydrogens is 388 g/mol. The summed E-state index contributed by atoms with van der Waals surface area (Å²) >= 11 is 0. The molecule has 0 radical (unpaired) electrons. The van der Waals surface area contributed by atoms with Crippen molar-refractivity contribution in [2.45, 2.75) is 12.5 Å². The monoisotopic (exact) mass is 405 g/mol. The van der Waals surface area contributed by atoms with Crippen LogP contribution in [0.4, 0.5) is 14.7 Å². The average molecular weight is 405 g/mol. The first kappa shape index (κ1) is 18.6. The van der Waals surface area contributed by atoms with Gasteiger partial charge in [0.25, 0.3) is 0 Å². The Balaban J connectivity index is 1.63. The number of nitrogens with one attached hydrogen (secondary N) is 1. The number of hydrogen-bond donors (Lipinski definition) is 1. The van der Waals surface area contributed by atoms with Gasteiger partial charge < -0.3 is 5.32 Å². The first-order valence-electron chi connectivity index (χ1n) is 8.60. The summed E-state index contributed by atoms with van der Waals surface area (Å²) in [5.41, 5.74) is 0.427. The van der Waals surface area contributed by atoms with Crippen molar-refractivity contribution >= 4 is 26.9 Å². The van der Waals surface area contributed by atoms with E-state index in [1.165, 1.54) is 16.6 Å². The summed E-state index contributed by atoms with van der Waals surface area (Å²) in [7, 11) is -3.27. The molecule has 3 heterocycles. The molecule has 1 aliphatic heterocycles. The zero-order chi connectivity index (χ0) is 19.9. The second-order valence-electron chi connectivity index (χ2n) is 6.67. The molecule has 1 fully saturated rings. The standard InChI is InChI=1S/C18H17F2N5O2S/c1-28(26,27)25-6-4-13(10-25)23-18-22-9-15(20)17(24-18)12-7-11-3-2-5-21-16(11)14(19)8-12/h2-3,5,7-9,13H,4,6,10H2,1H3,(H,22,23,24). The molecule has 0 saturated carbocycles. The maximum atomic E-state index is 14.3. The van der Waals surface area contributed by atoms with E-state index in [-0.39, 0.29) is 35.3 Å². The van der Waals surface area contributed by atoms with Crippen LogP contribution in [0.5, 0.6) is 0 Å². The molecule has 0 aliphatic carbocycles. The van der Waals surface area contributed by atoms with Gasteiger partial charge in [-0.25, -0.2) is 31.5 Å². The molecule has 1 N–H and O–H groups in total. The summed E-state index contributed by atoms with van der Waals surface area (Å²) in [6.07, 6.45) is 4.24. The predicted molar refractivity (Wildman–Crippen MR) is 101 cm³/mol. The molecule has 0 bridgehead atoms. The molecule has 10 heteroatoms. The Hall–Kier alpha value is -2.72. The molecule has 4 rings (SSSR count). The number of fused-ring (bicyclic) bond motifs is 1. The van der Waals surface area contributed by atoms with Crippen LogP contribution in [0.3, 0.4) is 0 Å². The Labute approximate surface area is 160 Å². The highest BCUT2D eigenvalue weighted by atomic mass is 32.2. The predicted octanol–water partition coefficient (Wildman–Crippen LogP) is 2.42. The van der Waals surface area contributed by atoms with Crippen molar-refractivity contribution < 1.29 is 17.2 Å². The van der Waals surface area contributed by atoms with Crippen molar-refractivity contribution in [1.29, 1.82) is 0 Å². The zero-order valence-electron chi connectivity index (χ0n) is 14.9. The average Bonchev–Trinajstić information content (AvgIpc) is 3.12. The van der Waals surface area contributed by atoms with Crippen LogP contribution in [0, 0.1) is 11.6 Å². The molecule has 0 amide bonds. The number of aromatic nitrogens is 3. The largest absolute Gasteiger partial charge is 0.350 e. The van der Waals surface area contributed by atoms with E-state index in [2.05, 4.69) is 20.3 Å². The lowest BCUT2D eigenvalue weighted by Gasteiger charge is -2.15. The summed E-state index contributed by atoms with van der Waals surface area (Å²) in [5, 5.41) is 3.56. The van der Waals surface area contributed by atoms with Crippen molar-refractivity contribution in [3.05, 3.63) is 48.3 Å². The molecule has 7 nitrogen and oxygen atoms in total. The van der Waals surface area contributed by atoms with Crippen LogP contribution in [0.15, 0.2) is 36.7 Å². The fraction of sp³-hybridized carbons (Fsp3) is 0.278. The van der Waals surface area contributed by atoms with Gasteiger partial charge >= 0.3 is 0 Å². The molecule has 1 saturated heterocycles. The number of hydrogen-bond acceptors (Lipinski definition) is 6. The van der Waals surface area contributed by atoms with Crippen LogP contribution >= 0.6 is 0 Å². The normalized spacial score (nSPS) is 17.9. The topological polar surface area (TPSA) is 88.1 Å². The number of benzene rings is 1. The minimum absolute atomic E-state index is 0.0416. The Morgan fingerprint density at radius 3 is 2.79 bits per heavy atom. The maximum absolute atomic E-state index is 14.3. The first-order valence-corrected chi connectivity index (χ1v) is 10.4. The van der Waals surface area contributed by atoms with Gasteiger partial charge in [-0.1, -0.05) is 6.07 Å². The SMILES string of the molecule is CS(=O)(=O)N1CCC(Nc2ncc(F)c(-c3cc(F)c4ncccc4c3)n2)C1. The molecule has 1 unspecified atom stereocenters. The van der Waals surface area contributed by atoms with Gasteiger partial charge in [-0.05, 0) is 24.6 Å². The molecular formula is C18H17F2N5O2S. The van der Waals surface area contributed by atoms with Crippen molar-refractivity contribution in [3.63, 3.8) is 0 Å². The van der Waals surface area contributed by atoms with E-state index in [4.69, 9.17) is 0 Å². The fourth-order valence-corrected chi connectivity index (χ4v) is 4.14. The zero-order valence-corrected chi connectivity index (χ0v) is 15.7. The van der Waals surface area contributed by atoms with E-state index in [9.17, 15) is 17.2 Å². The summed E-state index contributed by atoms with van der Waals surface area (Å²) in [4.78, 5) is 12.1. The quantitative estimate of drug-likeness (QED) is 0.717. The van der Waals surface area contributed by atoms with Gasteiger partial charge in [0.05, 0.1) is 12.5 Å². The van der Waals surface area contributed by atoms with Gasteiger partial charge in [0, 0.05) is 36.3 Å². The van der Waals surface area contributed by atoms with Crippen LogP contribution in [0.2, 0.25) is 0 Å². The molecule has 28 heavy (non-hydrogen) atoms.